The fraction of sp³-hybridized carbons (Fsp3) is 0.0476. The Labute approximate surface area is 158 Å². The minimum absolute atomic E-state index is 0.376. The lowest BCUT2D eigenvalue weighted by atomic mass is 10.1. The van der Waals surface area contributed by atoms with Crippen LogP contribution >= 0.6 is 0 Å². The van der Waals surface area contributed by atoms with Crippen molar-refractivity contribution in [3.63, 3.8) is 0 Å². The van der Waals surface area contributed by atoms with E-state index in [9.17, 15) is 4.79 Å². The van der Waals surface area contributed by atoms with Crippen LogP contribution in [0.3, 0.4) is 0 Å². The van der Waals surface area contributed by atoms with Crippen molar-refractivity contribution in [2.45, 2.75) is 6.92 Å². The van der Waals surface area contributed by atoms with Crippen molar-refractivity contribution < 1.29 is 9.15 Å². The maximum Gasteiger partial charge on any atom is 0.336 e. The topological polar surface area (TPSA) is 83.0 Å². The second kappa shape index (κ2) is 6.31. The summed E-state index contributed by atoms with van der Waals surface area (Å²) in [5.41, 5.74) is 2.46. The van der Waals surface area contributed by atoms with Crippen molar-refractivity contribution in [2.24, 2.45) is 0 Å². The molecule has 3 heterocycles. The van der Waals surface area contributed by atoms with E-state index in [1.54, 1.807) is 16.9 Å². The van der Waals surface area contributed by atoms with E-state index in [1.165, 1.54) is 12.4 Å². The molecule has 3 aromatic heterocycles. The third kappa shape index (κ3) is 2.69. The van der Waals surface area contributed by atoms with Gasteiger partial charge in [0.2, 0.25) is 5.88 Å². The third-order valence-electron chi connectivity index (χ3n) is 4.47. The van der Waals surface area contributed by atoms with Gasteiger partial charge in [-0.2, -0.15) is 5.10 Å². The molecule has 0 saturated carbocycles. The largest absolute Gasteiger partial charge is 0.438 e. The second-order valence-electron chi connectivity index (χ2n) is 6.32. The number of aromatic nitrogens is 4. The molecule has 0 aliphatic heterocycles. The van der Waals surface area contributed by atoms with Gasteiger partial charge in [-0.25, -0.2) is 19.4 Å². The molecule has 7 nitrogen and oxygen atoms in total. The lowest BCUT2D eigenvalue weighted by Crippen LogP contribution is -1.99. The van der Waals surface area contributed by atoms with Gasteiger partial charge in [-0.1, -0.05) is 18.2 Å². The summed E-state index contributed by atoms with van der Waals surface area (Å²) in [4.78, 5) is 20.2. The predicted molar refractivity (Wildman–Crippen MR) is 104 cm³/mol. The summed E-state index contributed by atoms with van der Waals surface area (Å²) < 4.78 is 13.0. The summed E-state index contributed by atoms with van der Waals surface area (Å²) >= 11 is 0. The van der Waals surface area contributed by atoms with Crippen LogP contribution in [-0.4, -0.2) is 19.7 Å². The first-order valence-electron chi connectivity index (χ1n) is 8.65. The van der Waals surface area contributed by atoms with Gasteiger partial charge in [-0.15, -0.1) is 0 Å². The number of aryl methyl sites for hydroxylation is 1. The summed E-state index contributed by atoms with van der Waals surface area (Å²) in [5, 5.41) is 5.95. The number of rotatable bonds is 3. The highest BCUT2D eigenvalue weighted by atomic mass is 16.5. The van der Waals surface area contributed by atoms with Crippen molar-refractivity contribution in [1.29, 1.82) is 0 Å². The average molecular weight is 370 g/mol. The van der Waals surface area contributed by atoms with Gasteiger partial charge in [0.1, 0.15) is 23.0 Å². The highest BCUT2D eigenvalue weighted by molar-refractivity contribution is 5.83. The van der Waals surface area contributed by atoms with Crippen LogP contribution in [-0.2, 0) is 0 Å². The van der Waals surface area contributed by atoms with Gasteiger partial charge in [-0.3, -0.25) is 0 Å². The first-order chi connectivity index (χ1) is 13.7. The zero-order chi connectivity index (χ0) is 19.1. The summed E-state index contributed by atoms with van der Waals surface area (Å²) in [6.07, 6.45) is 3.10. The fourth-order valence-corrected chi connectivity index (χ4v) is 3.14. The first kappa shape index (κ1) is 16.2. The van der Waals surface area contributed by atoms with Crippen LogP contribution in [0, 0.1) is 6.92 Å². The van der Waals surface area contributed by atoms with Crippen LogP contribution in [0.5, 0.6) is 11.6 Å². The molecule has 5 aromatic rings. The molecule has 0 atom stereocenters. The molecule has 0 aliphatic carbocycles. The molecular weight excluding hydrogens is 356 g/mol. The normalized spacial score (nSPS) is 11.2. The molecule has 0 spiro atoms. The summed E-state index contributed by atoms with van der Waals surface area (Å²) in [7, 11) is 0. The Morgan fingerprint density at radius 1 is 1.00 bits per heavy atom. The highest BCUT2D eigenvalue weighted by Crippen LogP contribution is 2.30. The number of para-hydroxylation sites is 1. The molecule has 0 fully saturated rings. The van der Waals surface area contributed by atoms with E-state index in [-0.39, 0.29) is 0 Å². The summed E-state index contributed by atoms with van der Waals surface area (Å²) in [6.45, 7) is 1.87. The Bertz CT molecular complexity index is 1370. The molecule has 7 heteroatoms. The molecule has 0 radical (unpaired) electrons. The highest BCUT2D eigenvalue weighted by Gasteiger charge is 2.13. The maximum atomic E-state index is 11.6. The number of ether oxygens (including phenoxy) is 1. The molecule has 136 valence electrons. The van der Waals surface area contributed by atoms with Crippen molar-refractivity contribution in [3.05, 3.63) is 83.1 Å². The smallest absolute Gasteiger partial charge is 0.336 e. The zero-order valence-corrected chi connectivity index (χ0v) is 14.9. The van der Waals surface area contributed by atoms with E-state index in [2.05, 4.69) is 15.1 Å². The summed E-state index contributed by atoms with van der Waals surface area (Å²) in [6, 6.07) is 16.5. The Morgan fingerprint density at radius 3 is 2.71 bits per heavy atom. The lowest BCUT2D eigenvalue weighted by molar-refractivity contribution is 0.466. The second-order valence-corrected chi connectivity index (χ2v) is 6.32. The van der Waals surface area contributed by atoms with Crippen LogP contribution in [0.2, 0.25) is 0 Å². The zero-order valence-electron chi connectivity index (χ0n) is 14.9. The minimum Gasteiger partial charge on any atom is -0.438 e. The lowest BCUT2D eigenvalue weighted by Gasteiger charge is -2.07. The Kier molecular flexibility index (Phi) is 3.65. The SMILES string of the molecule is Cc1cc(=O)oc2cc(Oc3ncnc4c3cnn4-c3ccccc3)ccc12. The molecule has 0 bridgehead atoms. The van der Waals surface area contributed by atoms with E-state index in [0.717, 1.165) is 16.6 Å². The van der Waals surface area contributed by atoms with Crippen LogP contribution in [0.15, 0.2) is 76.3 Å². The molecule has 0 aliphatic rings. The van der Waals surface area contributed by atoms with Crippen molar-refractivity contribution >= 4 is 22.0 Å². The number of benzene rings is 2. The Balaban J connectivity index is 1.58. The van der Waals surface area contributed by atoms with Gasteiger partial charge in [-0.05, 0) is 36.8 Å². The van der Waals surface area contributed by atoms with Crippen LogP contribution in [0.1, 0.15) is 5.56 Å². The number of fused-ring (bicyclic) bond motifs is 2. The van der Waals surface area contributed by atoms with Gasteiger partial charge >= 0.3 is 5.63 Å². The van der Waals surface area contributed by atoms with E-state index in [4.69, 9.17) is 9.15 Å². The molecular formula is C21H14N4O3. The first-order valence-corrected chi connectivity index (χ1v) is 8.65. The number of nitrogens with zero attached hydrogens (tertiary/aromatic N) is 4. The molecule has 5 rings (SSSR count). The van der Waals surface area contributed by atoms with E-state index in [1.807, 2.05) is 49.4 Å². The van der Waals surface area contributed by atoms with E-state index in [0.29, 0.717) is 28.2 Å². The predicted octanol–water partition coefficient (Wildman–Crippen LogP) is 4.02. The van der Waals surface area contributed by atoms with Crippen molar-refractivity contribution in [3.8, 4) is 17.3 Å². The van der Waals surface area contributed by atoms with Gasteiger partial charge in [0.25, 0.3) is 0 Å². The maximum absolute atomic E-state index is 11.6. The van der Waals surface area contributed by atoms with Crippen molar-refractivity contribution in [1.82, 2.24) is 19.7 Å². The molecule has 0 amide bonds. The quantitative estimate of drug-likeness (QED) is 0.446. The van der Waals surface area contributed by atoms with E-state index < -0.39 is 5.63 Å². The molecule has 0 N–H and O–H groups in total. The number of hydrogen-bond acceptors (Lipinski definition) is 6. The van der Waals surface area contributed by atoms with Gasteiger partial charge in [0.15, 0.2) is 5.65 Å². The third-order valence-corrected chi connectivity index (χ3v) is 4.47. The van der Waals surface area contributed by atoms with Crippen molar-refractivity contribution in [2.75, 3.05) is 0 Å². The number of hydrogen-bond donors (Lipinski definition) is 0. The average Bonchev–Trinajstić information content (AvgIpc) is 3.13. The fourth-order valence-electron chi connectivity index (χ4n) is 3.14. The summed E-state index contributed by atoms with van der Waals surface area (Å²) in [5.74, 6) is 0.884. The molecule has 0 unspecified atom stereocenters. The minimum atomic E-state index is -0.393. The van der Waals surface area contributed by atoms with Gasteiger partial charge in [0, 0.05) is 17.5 Å². The van der Waals surface area contributed by atoms with Gasteiger partial charge < -0.3 is 9.15 Å². The standard InChI is InChI=1S/C21H14N4O3/c1-13-9-19(26)28-18-10-15(7-8-16(13)18)27-21-17-11-24-25(20(17)22-12-23-21)14-5-3-2-4-6-14/h2-12H,1H3. The Morgan fingerprint density at radius 2 is 1.86 bits per heavy atom. The van der Waals surface area contributed by atoms with Gasteiger partial charge in [0.05, 0.1) is 11.9 Å². The van der Waals surface area contributed by atoms with Crippen LogP contribution < -0.4 is 10.4 Å². The monoisotopic (exact) mass is 370 g/mol. The molecule has 0 saturated heterocycles. The van der Waals surface area contributed by atoms with Crippen LogP contribution in [0.4, 0.5) is 0 Å². The molecule has 28 heavy (non-hydrogen) atoms. The molecule has 2 aromatic carbocycles. The Hall–Kier alpha value is -4.00. The van der Waals surface area contributed by atoms with E-state index >= 15 is 0 Å². The van der Waals surface area contributed by atoms with Crippen LogP contribution in [0.25, 0.3) is 27.7 Å².